The van der Waals surface area contributed by atoms with E-state index in [0.717, 1.165) is 19.7 Å². The Morgan fingerprint density at radius 3 is 2.55 bits per heavy atom. The Balaban J connectivity index is 2.33. The number of benzene rings is 1. The van der Waals surface area contributed by atoms with E-state index < -0.39 is 0 Å². The van der Waals surface area contributed by atoms with Crippen LogP contribution in [0, 0.1) is 5.41 Å². The van der Waals surface area contributed by atoms with Crippen LogP contribution in [0.25, 0.3) is 0 Å². The molecule has 0 radical (unpaired) electrons. The first kappa shape index (κ1) is 17.2. The second kappa shape index (κ2) is 9.95. The van der Waals surface area contributed by atoms with Crippen molar-refractivity contribution in [2.75, 3.05) is 26.8 Å². The highest BCUT2D eigenvalue weighted by Gasteiger charge is 2.22. The van der Waals surface area contributed by atoms with Crippen molar-refractivity contribution < 1.29 is 4.74 Å². The van der Waals surface area contributed by atoms with E-state index >= 15 is 0 Å². The largest absolute Gasteiger partial charge is 0.383 e. The van der Waals surface area contributed by atoms with Gasteiger partial charge in [-0.3, -0.25) is 0 Å². The van der Waals surface area contributed by atoms with Crippen molar-refractivity contribution in [1.29, 1.82) is 0 Å². The molecule has 1 rings (SSSR count). The molecule has 1 unspecified atom stereocenters. The minimum absolute atomic E-state index is 0.414. The zero-order valence-corrected chi connectivity index (χ0v) is 13.5. The molecule has 0 fully saturated rings. The molecule has 0 aliphatic heterocycles. The number of methoxy groups -OCH3 is 1. The van der Waals surface area contributed by atoms with Crippen LogP contribution < -0.4 is 5.32 Å². The Morgan fingerprint density at radius 2 is 1.90 bits per heavy atom. The third-order valence-corrected chi connectivity index (χ3v) is 3.98. The summed E-state index contributed by atoms with van der Waals surface area (Å²) in [7, 11) is 1.76. The predicted molar refractivity (Wildman–Crippen MR) is 87.1 cm³/mol. The maximum absolute atomic E-state index is 5.09. The second-order valence-electron chi connectivity index (χ2n) is 6.07. The Morgan fingerprint density at radius 1 is 1.15 bits per heavy atom. The van der Waals surface area contributed by atoms with E-state index in [1.54, 1.807) is 7.11 Å². The molecule has 0 aromatic heterocycles. The van der Waals surface area contributed by atoms with Crippen molar-refractivity contribution in [2.45, 2.75) is 46.0 Å². The molecule has 1 atom stereocenters. The number of hydrogen-bond acceptors (Lipinski definition) is 2. The van der Waals surface area contributed by atoms with Crippen molar-refractivity contribution in [1.82, 2.24) is 5.32 Å². The molecule has 0 amide bonds. The molecule has 0 aliphatic rings. The summed E-state index contributed by atoms with van der Waals surface area (Å²) < 4.78 is 5.09. The van der Waals surface area contributed by atoms with Gasteiger partial charge < -0.3 is 10.1 Å². The Bertz CT molecular complexity index is 339. The summed E-state index contributed by atoms with van der Waals surface area (Å²) in [6.45, 7) is 7.55. The highest BCUT2D eigenvalue weighted by atomic mass is 16.5. The van der Waals surface area contributed by atoms with E-state index in [-0.39, 0.29) is 0 Å². The normalized spacial score (nSPS) is 14.2. The lowest BCUT2D eigenvalue weighted by Crippen LogP contribution is -2.33. The van der Waals surface area contributed by atoms with Gasteiger partial charge in [0.1, 0.15) is 0 Å². The van der Waals surface area contributed by atoms with Crippen LogP contribution in [-0.2, 0) is 11.2 Å². The molecule has 2 heteroatoms. The van der Waals surface area contributed by atoms with Crippen LogP contribution in [0.3, 0.4) is 0 Å². The van der Waals surface area contributed by atoms with Gasteiger partial charge in [0.2, 0.25) is 0 Å². The number of rotatable bonds is 11. The lowest BCUT2D eigenvalue weighted by molar-refractivity contribution is 0.186. The van der Waals surface area contributed by atoms with Crippen LogP contribution in [0.2, 0.25) is 0 Å². The summed E-state index contributed by atoms with van der Waals surface area (Å²) in [5, 5.41) is 3.54. The van der Waals surface area contributed by atoms with Crippen LogP contribution >= 0.6 is 0 Å². The van der Waals surface area contributed by atoms with E-state index in [9.17, 15) is 0 Å². The van der Waals surface area contributed by atoms with Crippen LogP contribution in [0.1, 0.15) is 45.1 Å². The molecule has 2 nitrogen and oxygen atoms in total. The van der Waals surface area contributed by atoms with Gasteiger partial charge in [0, 0.05) is 20.2 Å². The predicted octanol–water partition coefficient (Wildman–Crippen LogP) is 4.05. The fourth-order valence-corrected chi connectivity index (χ4v) is 2.83. The molecule has 1 aromatic rings. The Kier molecular flexibility index (Phi) is 8.56. The maximum Gasteiger partial charge on any atom is 0.0587 e. The van der Waals surface area contributed by atoms with Crippen LogP contribution in [0.5, 0.6) is 0 Å². The van der Waals surface area contributed by atoms with Gasteiger partial charge in [-0.1, -0.05) is 50.6 Å². The first-order valence-corrected chi connectivity index (χ1v) is 7.94. The molecule has 0 aliphatic carbocycles. The summed E-state index contributed by atoms with van der Waals surface area (Å²) in [5.74, 6) is 0. The number of nitrogens with one attached hydrogen (secondary N) is 1. The summed E-state index contributed by atoms with van der Waals surface area (Å²) in [6, 6.07) is 10.8. The molecule has 0 saturated carbocycles. The smallest absolute Gasteiger partial charge is 0.0587 e. The third kappa shape index (κ3) is 7.06. The molecular formula is C18H31NO. The van der Waals surface area contributed by atoms with Crippen LogP contribution in [0.15, 0.2) is 30.3 Å². The molecule has 0 saturated heterocycles. The lowest BCUT2D eigenvalue weighted by atomic mass is 9.80. The topological polar surface area (TPSA) is 21.3 Å². The van der Waals surface area contributed by atoms with E-state index in [1.807, 2.05) is 0 Å². The van der Waals surface area contributed by atoms with Gasteiger partial charge in [-0.2, -0.15) is 0 Å². The quantitative estimate of drug-likeness (QED) is 0.616. The summed E-state index contributed by atoms with van der Waals surface area (Å²) in [4.78, 5) is 0. The molecule has 0 bridgehead atoms. The van der Waals surface area contributed by atoms with E-state index in [1.165, 1.54) is 37.7 Å². The van der Waals surface area contributed by atoms with Crippen LogP contribution in [0.4, 0.5) is 0 Å². The SMILES string of the molecule is CCCC(C)(CCCc1ccccc1)CNCCOC. The van der Waals surface area contributed by atoms with Gasteiger partial charge in [-0.05, 0) is 36.7 Å². The fourth-order valence-electron chi connectivity index (χ4n) is 2.83. The van der Waals surface area contributed by atoms with E-state index in [0.29, 0.717) is 5.41 Å². The fraction of sp³-hybridized carbons (Fsp3) is 0.667. The molecule has 20 heavy (non-hydrogen) atoms. The minimum atomic E-state index is 0.414. The standard InChI is InChI=1S/C18H31NO/c1-4-12-18(2,16-19-14-15-20-3)13-8-11-17-9-6-5-7-10-17/h5-7,9-10,19H,4,8,11-16H2,1-3H3. The van der Waals surface area contributed by atoms with Crippen molar-refractivity contribution in [3.8, 4) is 0 Å². The zero-order chi connectivity index (χ0) is 14.7. The van der Waals surface area contributed by atoms with E-state index in [2.05, 4.69) is 49.5 Å². The van der Waals surface area contributed by atoms with Gasteiger partial charge >= 0.3 is 0 Å². The summed E-state index contributed by atoms with van der Waals surface area (Å²) >= 11 is 0. The minimum Gasteiger partial charge on any atom is -0.383 e. The van der Waals surface area contributed by atoms with Gasteiger partial charge in [-0.25, -0.2) is 0 Å². The molecule has 0 heterocycles. The lowest BCUT2D eigenvalue weighted by Gasteiger charge is -2.30. The molecule has 114 valence electrons. The molecule has 0 spiro atoms. The average Bonchev–Trinajstić information content (AvgIpc) is 2.45. The van der Waals surface area contributed by atoms with Crippen molar-refractivity contribution in [3.05, 3.63) is 35.9 Å². The van der Waals surface area contributed by atoms with Crippen molar-refractivity contribution >= 4 is 0 Å². The van der Waals surface area contributed by atoms with Gasteiger partial charge in [-0.15, -0.1) is 0 Å². The average molecular weight is 277 g/mol. The number of aryl methyl sites for hydroxylation is 1. The van der Waals surface area contributed by atoms with Gasteiger partial charge in [0.05, 0.1) is 6.61 Å². The summed E-state index contributed by atoms with van der Waals surface area (Å²) in [5.41, 5.74) is 1.87. The van der Waals surface area contributed by atoms with Gasteiger partial charge in [0.15, 0.2) is 0 Å². The van der Waals surface area contributed by atoms with Crippen molar-refractivity contribution in [2.24, 2.45) is 5.41 Å². The van der Waals surface area contributed by atoms with Crippen LogP contribution in [-0.4, -0.2) is 26.8 Å². The second-order valence-corrected chi connectivity index (χ2v) is 6.07. The van der Waals surface area contributed by atoms with Crippen molar-refractivity contribution in [3.63, 3.8) is 0 Å². The zero-order valence-electron chi connectivity index (χ0n) is 13.5. The Hall–Kier alpha value is -0.860. The van der Waals surface area contributed by atoms with E-state index in [4.69, 9.17) is 4.74 Å². The maximum atomic E-state index is 5.09. The first-order valence-electron chi connectivity index (χ1n) is 7.94. The monoisotopic (exact) mass is 277 g/mol. The highest BCUT2D eigenvalue weighted by molar-refractivity contribution is 5.14. The third-order valence-electron chi connectivity index (χ3n) is 3.98. The van der Waals surface area contributed by atoms with Gasteiger partial charge in [0.25, 0.3) is 0 Å². The number of ether oxygens (including phenoxy) is 1. The molecule has 1 N–H and O–H groups in total. The Labute approximate surface area is 124 Å². The number of hydrogen-bond donors (Lipinski definition) is 1. The first-order chi connectivity index (χ1) is 9.70. The highest BCUT2D eigenvalue weighted by Crippen LogP contribution is 2.29. The molecule has 1 aromatic carbocycles. The molecular weight excluding hydrogens is 246 g/mol. The summed E-state index contributed by atoms with van der Waals surface area (Å²) in [6.07, 6.45) is 6.30.